The first-order valence-electron chi connectivity index (χ1n) is 10.1. The number of carbonyl (C=O) groups is 1. The van der Waals surface area contributed by atoms with Crippen molar-refractivity contribution in [3.63, 3.8) is 0 Å². The molecule has 0 unspecified atom stereocenters. The van der Waals surface area contributed by atoms with Crippen LogP contribution in [0.4, 0.5) is 5.69 Å². The standard InChI is InChI=1S/C21H22N2O.C4H3NO3/c22-19-8-12-21(13-9-19)24-20-10-6-17(7-11-20)14-15-23-16-18-4-2-1-3-5-18;6-4(7)3-1-2-5-8-3/h1-13,23H,14-16,22H2;1-2H,(H,6,7). The van der Waals surface area contributed by atoms with Crippen molar-refractivity contribution in [3.05, 3.63) is 108 Å². The van der Waals surface area contributed by atoms with E-state index in [1.54, 1.807) is 0 Å². The summed E-state index contributed by atoms with van der Waals surface area (Å²) < 4.78 is 10.0. The van der Waals surface area contributed by atoms with Crippen LogP contribution in [-0.4, -0.2) is 22.8 Å². The molecule has 0 saturated carbocycles. The van der Waals surface area contributed by atoms with Gasteiger partial charge in [-0.1, -0.05) is 47.6 Å². The molecule has 0 fully saturated rings. The molecule has 4 N–H and O–H groups in total. The van der Waals surface area contributed by atoms with Gasteiger partial charge in [-0.3, -0.25) is 0 Å². The molecular formula is C25H25N3O4. The minimum absolute atomic E-state index is 0.134. The van der Waals surface area contributed by atoms with E-state index in [9.17, 15) is 4.79 Å². The number of anilines is 1. The maximum absolute atomic E-state index is 9.93. The van der Waals surface area contributed by atoms with Gasteiger partial charge < -0.3 is 25.4 Å². The van der Waals surface area contributed by atoms with Crippen molar-refractivity contribution in [3.8, 4) is 11.5 Å². The van der Waals surface area contributed by atoms with Crippen LogP contribution in [0.2, 0.25) is 0 Å². The molecule has 3 aromatic carbocycles. The van der Waals surface area contributed by atoms with Crippen LogP contribution in [-0.2, 0) is 13.0 Å². The Morgan fingerprint density at radius 3 is 2.12 bits per heavy atom. The number of aromatic nitrogens is 1. The van der Waals surface area contributed by atoms with Crippen LogP contribution >= 0.6 is 0 Å². The third-order valence-corrected chi connectivity index (χ3v) is 4.45. The second kappa shape index (κ2) is 11.9. The average Bonchev–Trinajstić information content (AvgIpc) is 3.36. The summed E-state index contributed by atoms with van der Waals surface area (Å²) in [5.74, 6) is 0.398. The quantitative estimate of drug-likeness (QED) is 0.272. The largest absolute Gasteiger partial charge is 0.475 e. The van der Waals surface area contributed by atoms with Crippen LogP contribution in [0, 0.1) is 0 Å². The van der Waals surface area contributed by atoms with Crippen LogP contribution in [0.1, 0.15) is 21.7 Å². The highest BCUT2D eigenvalue weighted by atomic mass is 16.5. The van der Waals surface area contributed by atoms with Gasteiger partial charge in [-0.25, -0.2) is 4.79 Å². The first kappa shape index (κ1) is 22.6. The molecule has 1 aromatic heterocycles. The highest BCUT2D eigenvalue weighted by Crippen LogP contribution is 2.22. The Balaban J connectivity index is 0.000000305. The number of nitrogens with zero attached hydrogens (tertiary/aromatic N) is 1. The van der Waals surface area contributed by atoms with Crippen molar-refractivity contribution in [2.24, 2.45) is 0 Å². The van der Waals surface area contributed by atoms with Gasteiger partial charge in [-0.05, 0) is 60.5 Å². The van der Waals surface area contributed by atoms with Gasteiger partial charge in [0.15, 0.2) is 0 Å². The summed E-state index contributed by atoms with van der Waals surface area (Å²) in [5.41, 5.74) is 9.01. The van der Waals surface area contributed by atoms with Crippen LogP contribution < -0.4 is 15.8 Å². The summed E-state index contributed by atoms with van der Waals surface area (Å²) in [6, 6.07) is 27.4. The lowest BCUT2D eigenvalue weighted by atomic mass is 10.1. The number of nitrogen functional groups attached to an aromatic ring is 1. The lowest BCUT2D eigenvalue weighted by Crippen LogP contribution is -2.16. The lowest BCUT2D eigenvalue weighted by Gasteiger charge is -2.08. The topological polar surface area (TPSA) is 111 Å². The minimum Gasteiger partial charge on any atom is -0.475 e. The van der Waals surface area contributed by atoms with E-state index >= 15 is 0 Å². The van der Waals surface area contributed by atoms with E-state index in [4.69, 9.17) is 15.6 Å². The van der Waals surface area contributed by atoms with E-state index in [1.165, 1.54) is 23.4 Å². The molecule has 0 amide bonds. The predicted octanol–water partition coefficient (Wildman–Crippen LogP) is 4.77. The zero-order valence-electron chi connectivity index (χ0n) is 17.5. The van der Waals surface area contributed by atoms with Crippen LogP contribution in [0.25, 0.3) is 0 Å². The number of rotatable bonds is 8. The molecule has 0 aliphatic carbocycles. The Labute approximate surface area is 186 Å². The van der Waals surface area contributed by atoms with Crippen molar-refractivity contribution >= 4 is 11.7 Å². The number of carboxylic acid groups (broad SMARTS) is 1. The van der Waals surface area contributed by atoms with Crippen LogP contribution in [0.15, 0.2) is 95.6 Å². The number of nitrogens with one attached hydrogen (secondary N) is 1. The molecule has 7 heteroatoms. The summed E-state index contributed by atoms with van der Waals surface area (Å²) in [7, 11) is 0. The highest BCUT2D eigenvalue weighted by Gasteiger charge is 2.03. The zero-order valence-corrected chi connectivity index (χ0v) is 17.5. The maximum atomic E-state index is 9.93. The predicted molar refractivity (Wildman–Crippen MR) is 123 cm³/mol. The molecule has 0 aliphatic heterocycles. The molecule has 0 radical (unpaired) electrons. The van der Waals surface area contributed by atoms with Crippen molar-refractivity contribution in [2.75, 3.05) is 12.3 Å². The number of hydrogen-bond donors (Lipinski definition) is 3. The first-order valence-corrected chi connectivity index (χ1v) is 10.1. The van der Waals surface area contributed by atoms with Crippen molar-refractivity contribution in [2.45, 2.75) is 13.0 Å². The summed E-state index contributed by atoms with van der Waals surface area (Å²) in [5, 5.41) is 14.8. The zero-order chi connectivity index (χ0) is 22.6. The molecule has 0 saturated heterocycles. The Hall–Kier alpha value is -4.10. The normalized spacial score (nSPS) is 10.1. The van der Waals surface area contributed by atoms with Gasteiger partial charge >= 0.3 is 5.97 Å². The number of hydrogen-bond acceptors (Lipinski definition) is 6. The van der Waals surface area contributed by atoms with E-state index < -0.39 is 5.97 Å². The second-order valence-corrected chi connectivity index (χ2v) is 6.91. The highest BCUT2D eigenvalue weighted by molar-refractivity contribution is 5.83. The fraction of sp³-hybridized carbons (Fsp3) is 0.120. The third-order valence-electron chi connectivity index (χ3n) is 4.45. The van der Waals surface area contributed by atoms with E-state index in [2.05, 4.69) is 51.4 Å². The van der Waals surface area contributed by atoms with Gasteiger partial charge in [0.2, 0.25) is 5.76 Å². The molecule has 4 rings (SSSR count). The van der Waals surface area contributed by atoms with Gasteiger partial charge in [0.1, 0.15) is 11.5 Å². The van der Waals surface area contributed by atoms with Gasteiger partial charge in [0, 0.05) is 18.3 Å². The second-order valence-electron chi connectivity index (χ2n) is 6.91. The molecule has 0 atom stereocenters. The maximum Gasteiger partial charge on any atom is 0.374 e. The molecule has 0 bridgehead atoms. The fourth-order valence-corrected chi connectivity index (χ4v) is 2.78. The molecule has 4 aromatic rings. The molecule has 1 heterocycles. The fourth-order valence-electron chi connectivity index (χ4n) is 2.78. The van der Waals surface area contributed by atoms with E-state index in [-0.39, 0.29) is 5.76 Å². The van der Waals surface area contributed by atoms with Crippen LogP contribution in [0.5, 0.6) is 11.5 Å². The Morgan fingerprint density at radius 1 is 0.906 bits per heavy atom. The van der Waals surface area contributed by atoms with Crippen molar-refractivity contribution in [1.82, 2.24) is 10.5 Å². The van der Waals surface area contributed by atoms with Gasteiger partial charge in [0.25, 0.3) is 0 Å². The first-order chi connectivity index (χ1) is 15.6. The number of benzene rings is 3. The summed E-state index contributed by atoms with van der Waals surface area (Å²) >= 11 is 0. The Morgan fingerprint density at radius 2 is 1.56 bits per heavy atom. The lowest BCUT2D eigenvalue weighted by molar-refractivity contribution is 0.0652. The summed E-state index contributed by atoms with van der Waals surface area (Å²) in [4.78, 5) is 9.93. The number of aromatic carboxylic acids is 1. The van der Waals surface area contributed by atoms with E-state index in [1.807, 2.05) is 42.5 Å². The van der Waals surface area contributed by atoms with Crippen LogP contribution in [0.3, 0.4) is 0 Å². The molecule has 0 aliphatic rings. The summed E-state index contributed by atoms with van der Waals surface area (Å²) in [6.07, 6.45) is 2.28. The monoisotopic (exact) mass is 431 g/mol. The van der Waals surface area contributed by atoms with Gasteiger partial charge in [-0.15, -0.1) is 0 Å². The molecular weight excluding hydrogens is 406 g/mol. The van der Waals surface area contributed by atoms with Gasteiger partial charge in [0.05, 0.1) is 6.20 Å². The van der Waals surface area contributed by atoms with Crippen molar-refractivity contribution in [1.29, 1.82) is 0 Å². The van der Waals surface area contributed by atoms with E-state index in [0.29, 0.717) is 0 Å². The molecule has 7 nitrogen and oxygen atoms in total. The van der Waals surface area contributed by atoms with Gasteiger partial charge in [-0.2, -0.15) is 0 Å². The minimum atomic E-state index is -1.09. The molecule has 32 heavy (non-hydrogen) atoms. The molecule has 0 spiro atoms. The third kappa shape index (κ3) is 7.62. The Kier molecular flexibility index (Phi) is 8.42. The van der Waals surface area contributed by atoms with E-state index in [0.717, 1.165) is 36.7 Å². The van der Waals surface area contributed by atoms with Crippen molar-refractivity contribution < 1.29 is 19.2 Å². The Bertz CT molecular complexity index is 1060. The summed E-state index contributed by atoms with van der Waals surface area (Å²) in [6.45, 7) is 1.85. The SMILES string of the molecule is Nc1ccc(Oc2ccc(CCNCc3ccccc3)cc2)cc1.O=C(O)c1ccno1. The molecule has 164 valence electrons. The average molecular weight is 431 g/mol. The number of ether oxygens (including phenoxy) is 1. The number of carboxylic acids is 1. The smallest absolute Gasteiger partial charge is 0.374 e. The number of nitrogens with two attached hydrogens (primary N) is 1.